The first-order valence-electron chi connectivity index (χ1n) is 8.31. The molecule has 0 spiro atoms. The summed E-state index contributed by atoms with van der Waals surface area (Å²) in [6, 6.07) is 15.9. The maximum absolute atomic E-state index is 12.9. The molecule has 0 bridgehead atoms. The summed E-state index contributed by atoms with van der Waals surface area (Å²) in [5.41, 5.74) is 0.973. The third kappa shape index (κ3) is 4.84. The first kappa shape index (κ1) is 18.4. The largest absolute Gasteiger partial charge is 0.467 e. The molecule has 7 heteroatoms. The van der Waals surface area contributed by atoms with E-state index in [0.717, 1.165) is 0 Å². The van der Waals surface area contributed by atoms with Crippen LogP contribution in [0.1, 0.15) is 32.2 Å². The third-order valence-electron chi connectivity index (χ3n) is 3.82. The second-order valence-corrected chi connectivity index (χ2v) is 6.67. The van der Waals surface area contributed by atoms with Gasteiger partial charge in [-0.15, -0.1) is 11.3 Å². The lowest BCUT2D eigenvalue weighted by Crippen LogP contribution is -2.31. The number of rotatable bonds is 7. The average molecular weight is 379 g/mol. The van der Waals surface area contributed by atoms with Crippen LogP contribution in [0.3, 0.4) is 0 Å². The normalized spacial score (nSPS) is 10.2. The van der Waals surface area contributed by atoms with Gasteiger partial charge in [-0.05, 0) is 41.8 Å². The number of thiophene rings is 1. The smallest absolute Gasteiger partial charge is 0.265 e. The van der Waals surface area contributed by atoms with Crippen LogP contribution in [-0.2, 0) is 6.54 Å². The fraction of sp³-hybridized carbons (Fsp3) is 0.150. The number of nitriles is 1. The Morgan fingerprint density at radius 1 is 1.19 bits per heavy atom. The molecule has 1 aromatic carbocycles. The fourth-order valence-corrected chi connectivity index (χ4v) is 3.16. The number of nitrogens with one attached hydrogen (secondary N) is 1. The van der Waals surface area contributed by atoms with E-state index in [1.54, 1.807) is 59.7 Å². The van der Waals surface area contributed by atoms with E-state index >= 15 is 0 Å². The summed E-state index contributed by atoms with van der Waals surface area (Å²) in [6.07, 6.45) is 1.77. The van der Waals surface area contributed by atoms with Crippen molar-refractivity contribution in [3.8, 4) is 6.07 Å². The molecule has 3 aromatic rings. The quantitative estimate of drug-likeness (QED) is 0.668. The number of carbonyl (C=O) groups is 2. The predicted molar refractivity (Wildman–Crippen MR) is 102 cm³/mol. The molecule has 0 atom stereocenters. The van der Waals surface area contributed by atoms with E-state index in [9.17, 15) is 9.59 Å². The Bertz CT molecular complexity index is 943. The summed E-state index contributed by atoms with van der Waals surface area (Å²) in [5.74, 6) is 0.198. The minimum absolute atomic E-state index is 0.216. The minimum Gasteiger partial charge on any atom is -0.467 e. The minimum atomic E-state index is -0.228. The van der Waals surface area contributed by atoms with E-state index < -0.39 is 0 Å². The molecule has 2 amide bonds. The van der Waals surface area contributed by atoms with E-state index in [1.165, 1.54) is 11.3 Å². The summed E-state index contributed by atoms with van der Waals surface area (Å²) in [6.45, 7) is 0.571. The van der Waals surface area contributed by atoms with E-state index in [-0.39, 0.29) is 24.8 Å². The lowest BCUT2D eigenvalue weighted by Gasteiger charge is -2.21. The van der Waals surface area contributed by atoms with Crippen molar-refractivity contribution in [1.82, 2.24) is 4.90 Å². The van der Waals surface area contributed by atoms with Gasteiger partial charge in [-0.25, -0.2) is 0 Å². The molecule has 27 heavy (non-hydrogen) atoms. The van der Waals surface area contributed by atoms with E-state index in [0.29, 0.717) is 28.4 Å². The number of hydrogen-bond acceptors (Lipinski definition) is 5. The molecule has 1 N–H and O–H groups in total. The molecule has 136 valence electrons. The number of anilines is 1. The van der Waals surface area contributed by atoms with Crippen molar-refractivity contribution in [1.29, 1.82) is 5.26 Å². The Morgan fingerprint density at radius 2 is 2.07 bits per heavy atom. The second kappa shape index (κ2) is 8.83. The summed E-state index contributed by atoms with van der Waals surface area (Å²) < 4.78 is 5.32. The summed E-state index contributed by atoms with van der Waals surface area (Å²) in [7, 11) is 0. The first-order chi connectivity index (χ1) is 13.2. The fourth-order valence-electron chi connectivity index (χ4n) is 2.54. The van der Waals surface area contributed by atoms with E-state index in [4.69, 9.17) is 9.68 Å². The Morgan fingerprint density at radius 3 is 2.78 bits per heavy atom. The summed E-state index contributed by atoms with van der Waals surface area (Å²) >= 11 is 1.35. The zero-order valence-corrected chi connectivity index (χ0v) is 15.2. The zero-order valence-electron chi connectivity index (χ0n) is 14.4. The molecule has 0 saturated heterocycles. The standard InChI is InChI=1S/C20H17N3O3S/c21-9-4-10-23(14-17-7-2-11-26-17)20(25)15-5-1-6-16(13-15)22-19(24)18-8-3-12-27-18/h1-3,5-8,11-13H,4,10,14H2,(H,22,24). The highest BCUT2D eigenvalue weighted by molar-refractivity contribution is 7.12. The van der Waals surface area contributed by atoms with Crippen molar-refractivity contribution in [2.24, 2.45) is 0 Å². The number of carbonyl (C=O) groups excluding carboxylic acids is 2. The van der Waals surface area contributed by atoms with Gasteiger partial charge >= 0.3 is 0 Å². The van der Waals surface area contributed by atoms with Gasteiger partial charge in [0.25, 0.3) is 11.8 Å². The first-order valence-corrected chi connectivity index (χ1v) is 9.19. The van der Waals surface area contributed by atoms with Gasteiger partial charge in [0.2, 0.25) is 0 Å². The summed E-state index contributed by atoms with van der Waals surface area (Å²) in [5, 5.41) is 13.5. The van der Waals surface area contributed by atoms with Crippen LogP contribution < -0.4 is 5.32 Å². The number of furan rings is 1. The highest BCUT2D eigenvalue weighted by atomic mass is 32.1. The van der Waals surface area contributed by atoms with E-state index in [1.807, 2.05) is 5.38 Å². The molecule has 0 fully saturated rings. The number of hydrogen-bond donors (Lipinski definition) is 1. The molecule has 0 radical (unpaired) electrons. The molecule has 0 aliphatic heterocycles. The van der Waals surface area contributed by atoms with Crippen LogP contribution in [0.25, 0.3) is 0 Å². The lowest BCUT2D eigenvalue weighted by atomic mass is 10.1. The van der Waals surface area contributed by atoms with Crippen molar-refractivity contribution in [3.05, 3.63) is 76.4 Å². The van der Waals surface area contributed by atoms with Crippen molar-refractivity contribution in [2.75, 3.05) is 11.9 Å². The van der Waals surface area contributed by atoms with Gasteiger partial charge in [-0.2, -0.15) is 5.26 Å². The Balaban J connectivity index is 1.75. The lowest BCUT2D eigenvalue weighted by molar-refractivity contribution is 0.0735. The number of amides is 2. The molecule has 0 unspecified atom stereocenters. The van der Waals surface area contributed by atoms with Gasteiger partial charge in [0.1, 0.15) is 5.76 Å². The van der Waals surface area contributed by atoms with Gasteiger partial charge in [-0.3, -0.25) is 9.59 Å². The maximum atomic E-state index is 12.9. The van der Waals surface area contributed by atoms with Crippen molar-refractivity contribution < 1.29 is 14.0 Å². The van der Waals surface area contributed by atoms with Crippen LogP contribution in [0.4, 0.5) is 5.69 Å². The molecule has 2 heterocycles. The highest BCUT2D eigenvalue weighted by Crippen LogP contribution is 2.17. The van der Waals surface area contributed by atoms with E-state index in [2.05, 4.69) is 11.4 Å². The molecule has 0 aliphatic carbocycles. The van der Waals surface area contributed by atoms with Crippen LogP contribution in [0.15, 0.2) is 64.6 Å². The molecule has 0 aliphatic rings. The van der Waals surface area contributed by atoms with Gasteiger partial charge in [0, 0.05) is 17.8 Å². The molecular weight excluding hydrogens is 362 g/mol. The van der Waals surface area contributed by atoms with Crippen molar-refractivity contribution in [2.45, 2.75) is 13.0 Å². The molecule has 6 nitrogen and oxygen atoms in total. The average Bonchev–Trinajstić information content (AvgIpc) is 3.38. The topological polar surface area (TPSA) is 86.3 Å². The van der Waals surface area contributed by atoms with Crippen LogP contribution in [-0.4, -0.2) is 23.3 Å². The Labute approximate surface area is 160 Å². The number of benzene rings is 1. The summed E-state index contributed by atoms with van der Waals surface area (Å²) in [4.78, 5) is 27.3. The van der Waals surface area contributed by atoms with Gasteiger partial charge in [0.05, 0.1) is 30.2 Å². The van der Waals surface area contributed by atoms with Crippen molar-refractivity contribution in [3.63, 3.8) is 0 Å². The van der Waals surface area contributed by atoms with Gasteiger partial charge < -0.3 is 14.6 Å². The molecular formula is C20H17N3O3S. The molecule has 3 rings (SSSR count). The van der Waals surface area contributed by atoms with Gasteiger partial charge in [0.15, 0.2) is 0 Å². The highest BCUT2D eigenvalue weighted by Gasteiger charge is 2.18. The van der Waals surface area contributed by atoms with Gasteiger partial charge in [-0.1, -0.05) is 12.1 Å². The second-order valence-electron chi connectivity index (χ2n) is 5.73. The van der Waals surface area contributed by atoms with Crippen LogP contribution in [0.2, 0.25) is 0 Å². The molecule has 2 aromatic heterocycles. The Kier molecular flexibility index (Phi) is 6.02. The van der Waals surface area contributed by atoms with Crippen molar-refractivity contribution >= 4 is 28.8 Å². The Hall–Kier alpha value is -3.37. The van der Waals surface area contributed by atoms with Crippen LogP contribution >= 0.6 is 11.3 Å². The monoisotopic (exact) mass is 379 g/mol. The predicted octanol–water partition coefficient (Wildman–Crippen LogP) is 4.15. The number of nitrogens with zero attached hydrogens (tertiary/aromatic N) is 2. The SMILES string of the molecule is N#CCCN(Cc1ccco1)C(=O)c1cccc(NC(=O)c2cccs2)c1. The van der Waals surface area contributed by atoms with Crippen LogP contribution in [0.5, 0.6) is 0 Å². The van der Waals surface area contributed by atoms with Crippen LogP contribution in [0, 0.1) is 11.3 Å². The maximum Gasteiger partial charge on any atom is 0.265 e. The molecule has 0 saturated carbocycles. The third-order valence-corrected chi connectivity index (χ3v) is 4.69. The zero-order chi connectivity index (χ0) is 19.1.